The summed E-state index contributed by atoms with van der Waals surface area (Å²) < 4.78 is 0. The van der Waals surface area contributed by atoms with Gasteiger partial charge >= 0.3 is 5.97 Å². The molecule has 1 N–H and O–H groups in total. The Bertz CT molecular complexity index is 369. The monoisotopic (exact) mass is 268 g/mol. The molecule has 1 atom stereocenters. The van der Waals surface area contributed by atoms with E-state index >= 15 is 0 Å². The first-order valence-corrected chi connectivity index (χ1v) is 6.91. The Labute approximate surface area is 114 Å². The van der Waals surface area contributed by atoms with Crippen LogP contribution >= 0.6 is 11.6 Å². The molecule has 0 saturated carbocycles. The van der Waals surface area contributed by atoms with Crippen LogP contribution in [0.15, 0.2) is 24.3 Å². The van der Waals surface area contributed by atoms with Crippen LogP contribution in [-0.2, 0) is 11.2 Å². The van der Waals surface area contributed by atoms with Crippen molar-refractivity contribution in [1.29, 1.82) is 0 Å². The Balaban J connectivity index is 2.68. The Morgan fingerprint density at radius 2 is 1.78 bits per heavy atom. The number of carbonyl (C=O) groups is 1. The number of hydrogen-bond donors (Lipinski definition) is 1. The molecule has 0 aliphatic rings. The van der Waals surface area contributed by atoms with Crippen molar-refractivity contribution in [3.8, 4) is 0 Å². The average molecular weight is 269 g/mol. The largest absolute Gasteiger partial charge is 0.481 e. The molecule has 100 valence electrons. The Morgan fingerprint density at radius 3 is 2.22 bits per heavy atom. The van der Waals surface area contributed by atoms with Crippen LogP contribution in [0.25, 0.3) is 0 Å². The zero-order chi connectivity index (χ0) is 13.5. The van der Waals surface area contributed by atoms with E-state index in [1.165, 1.54) is 0 Å². The van der Waals surface area contributed by atoms with Crippen LogP contribution in [0, 0.1) is 11.8 Å². The van der Waals surface area contributed by atoms with Gasteiger partial charge in [0.15, 0.2) is 0 Å². The maximum absolute atomic E-state index is 11.3. The minimum atomic E-state index is -0.697. The molecule has 1 unspecified atom stereocenters. The van der Waals surface area contributed by atoms with Crippen molar-refractivity contribution in [3.05, 3.63) is 34.9 Å². The fraction of sp³-hybridized carbons (Fsp3) is 0.533. The van der Waals surface area contributed by atoms with Gasteiger partial charge in [0.2, 0.25) is 0 Å². The molecule has 0 aliphatic carbocycles. The quantitative estimate of drug-likeness (QED) is 0.795. The van der Waals surface area contributed by atoms with Gasteiger partial charge in [-0.15, -0.1) is 0 Å². The number of hydrogen-bond acceptors (Lipinski definition) is 1. The summed E-state index contributed by atoms with van der Waals surface area (Å²) in [5.74, 6) is -0.494. The molecule has 2 nitrogen and oxygen atoms in total. The van der Waals surface area contributed by atoms with Crippen molar-refractivity contribution in [3.63, 3.8) is 0 Å². The number of rotatable bonds is 7. The summed E-state index contributed by atoms with van der Waals surface area (Å²) in [4.78, 5) is 11.3. The second kappa shape index (κ2) is 7.42. The highest BCUT2D eigenvalue weighted by Gasteiger charge is 2.21. The molecule has 18 heavy (non-hydrogen) atoms. The van der Waals surface area contributed by atoms with Gasteiger partial charge in [0, 0.05) is 5.02 Å². The number of carboxylic acids is 1. The highest BCUT2D eigenvalue weighted by molar-refractivity contribution is 6.30. The molecule has 0 bridgehead atoms. The van der Waals surface area contributed by atoms with Gasteiger partial charge < -0.3 is 5.11 Å². The highest BCUT2D eigenvalue weighted by atomic mass is 35.5. The van der Waals surface area contributed by atoms with E-state index in [9.17, 15) is 9.90 Å². The first kappa shape index (κ1) is 15.0. The van der Waals surface area contributed by atoms with E-state index in [2.05, 4.69) is 13.8 Å². The first-order chi connectivity index (χ1) is 8.56. The molecular formula is C15H21ClO2. The molecular weight excluding hydrogens is 248 g/mol. The predicted octanol–water partition coefficient (Wildman–Crippen LogP) is 4.41. The highest BCUT2D eigenvalue weighted by Crippen LogP contribution is 2.23. The summed E-state index contributed by atoms with van der Waals surface area (Å²) in [7, 11) is 0. The normalized spacial score (nSPS) is 12.7. The van der Waals surface area contributed by atoms with Crippen molar-refractivity contribution in [1.82, 2.24) is 0 Å². The van der Waals surface area contributed by atoms with Crippen LogP contribution in [-0.4, -0.2) is 11.1 Å². The minimum Gasteiger partial charge on any atom is -0.481 e. The molecule has 0 amide bonds. The molecule has 1 aromatic carbocycles. The zero-order valence-corrected chi connectivity index (χ0v) is 11.8. The third kappa shape index (κ3) is 4.69. The van der Waals surface area contributed by atoms with E-state index < -0.39 is 5.97 Å². The third-order valence-electron chi connectivity index (χ3n) is 3.52. The van der Waals surface area contributed by atoms with Crippen molar-refractivity contribution >= 4 is 17.6 Å². The van der Waals surface area contributed by atoms with E-state index in [1.807, 2.05) is 24.3 Å². The van der Waals surface area contributed by atoms with Gasteiger partial charge in [0.25, 0.3) is 0 Å². The Morgan fingerprint density at radius 1 is 1.22 bits per heavy atom. The van der Waals surface area contributed by atoms with E-state index in [1.54, 1.807) is 0 Å². The number of aliphatic carboxylic acids is 1. The fourth-order valence-corrected chi connectivity index (χ4v) is 2.33. The predicted molar refractivity (Wildman–Crippen MR) is 75.0 cm³/mol. The standard InChI is InChI=1S/C15H21ClO2/c1-3-11(4-2)9-13(15(17)18)10-12-5-7-14(16)8-6-12/h5-8,11,13H,3-4,9-10H2,1-2H3,(H,17,18). The van der Waals surface area contributed by atoms with Crippen molar-refractivity contribution in [2.75, 3.05) is 0 Å². The second-order valence-corrected chi connectivity index (χ2v) is 5.22. The smallest absolute Gasteiger partial charge is 0.306 e. The summed E-state index contributed by atoms with van der Waals surface area (Å²) in [5, 5.41) is 9.99. The molecule has 3 heteroatoms. The van der Waals surface area contributed by atoms with Gasteiger partial charge in [-0.3, -0.25) is 4.79 Å². The summed E-state index contributed by atoms with van der Waals surface area (Å²) in [5.41, 5.74) is 1.04. The van der Waals surface area contributed by atoms with Gasteiger partial charge in [-0.2, -0.15) is 0 Å². The molecule has 0 spiro atoms. The van der Waals surface area contributed by atoms with Gasteiger partial charge in [0.05, 0.1) is 5.92 Å². The molecule has 1 rings (SSSR count). The summed E-state index contributed by atoms with van der Waals surface area (Å²) in [6.45, 7) is 4.24. The fourth-order valence-electron chi connectivity index (χ4n) is 2.20. The molecule has 0 heterocycles. The van der Waals surface area contributed by atoms with Crippen LogP contribution in [0.3, 0.4) is 0 Å². The van der Waals surface area contributed by atoms with Crippen LogP contribution in [0.4, 0.5) is 0 Å². The van der Waals surface area contributed by atoms with E-state index in [0.29, 0.717) is 17.4 Å². The average Bonchev–Trinajstić information content (AvgIpc) is 2.36. The van der Waals surface area contributed by atoms with Gasteiger partial charge in [0.1, 0.15) is 0 Å². The van der Waals surface area contributed by atoms with Crippen LogP contribution < -0.4 is 0 Å². The third-order valence-corrected chi connectivity index (χ3v) is 3.77. The molecule has 0 saturated heterocycles. The van der Waals surface area contributed by atoms with E-state index in [4.69, 9.17) is 11.6 Å². The Kier molecular flexibility index (Phi) is 6.20. The van der Waals surface area contributed by atoms with Crippen LogP contribution in [0.1, 0.15) is 38.7 Å². The molecule has 0 aliphatic heterocycles. The van der Waals surface area contributed by atoms with E-state index in [-0.39, 0.29) is 5.92 Å². The van der Waals surface area contributed by atoms with Crippen molar-refractivity contribution in [2.24, 2.45) is 11.8 Å². The summed E-state index contributed by atoms with van der Waals surface area (Å²) in [6, 6.07) is 7.44. The summed E-state index contributed by atoms with van der Waals surface area (Å²) >= 11 is 5.82. The van der Waals surface area contributed by atoms with Gasteiger partial charge in [-0.1, -0.05) is 50.4 Å². The second-order valence-electron chi connectivity index (χ2n) is 4.78. The SMILES string of the molecule is CCC(CC)CC(Cc1ccc(Cl)cc1)C(=O)O. The lowest BCUT2D eigenvalue weighted by Crippen LogP contribution is -2.20. The maximum atomic E-state index is 11.3. The van der Waals surface area contributed by atoms with Crippen molar-refractivity contribution < 1.29 is 9.90 Å². The maximum Gasteiger partial charge on any atom is 0.306 e. The molecule has 0 radical (unpaired) electrons. The van der Waals surface area contributed by atoms with Gasteiger partial charge in [-0.05, 0) is 36.5 Å². The van der Waals surface area contributed by atoms with Crippen LogP contribution in [0.2, 0.25) is 5.02 Å². The number of carboxylic acid groups (broad SMARTS) is 1. The molecule has 0 fully saturated rings. The minimum absolute atomic E-state index is 0.295. The van der Waals surface area contributed by atoms with Crippen molar-refractivity contribution in [2.45, 2.75) is 39.5 Å². The first-order valence-electron chi connectivity index (χ1n) is 6.54. The topological polar surface area (TPSA) is 37.3 Å². The van der Waals surface area contributed by atoms with E-state index in [0.717, 1.165) is 24.8 Å². The molecule has 0 aromatic heterocycles. The lowest BCUT2D eigenvalue weighted by atomic mass is 9.87. The Hall–Kier alpha value is -1.02. The lowest BCUT2D eigenvalue weighted by Gasteiger charge is -2.18. The lowest BCUT2D eigenvalue weighted by molar-refractivity contribution is -0.142. The number of benzene rings is 1. The molecule has 1 aromatic rings. The number of halogens is 1. The van der Waals surface area contributed by atoms with Gasteiger partial charge in [-0.25, -0.2) is 0 Å². The zero-order valence-electron chi connectivity index (χ0n) is 11.0. The van der Waals surface area contributed by atoms with Crippen LogP contribution in [0.5, 0.6) is 0 Å². The summed E-state index contributed by atoms with van der Waals surface area (Å²) in [6.07, 6.45) is 3.43.